The first-order chi connectivity index (χ1) is 13.7. The maximum atomic E-state index is 10.4. The molecule has 28 heavy (non-hydrogen) atoms. The van der Waals surface area contributed by atoms with E-state index in [-0.39, 0.29) is 11.3 Å². The van der Waals surface area contributed by atoms with Crippen LogP contribution in [0, 0.1) is 10.8 Å². The summed E-state index contributed by atoms with van der Waals surface area (Å²) in [7, 11) is 0. The molecule has 0 amide bonds. The number of carbonyl (C=O) groups is 1. The van der Waals surface area contributed by atoms with E-state index in [1.807, 2.05) is 42.5 Å². The summed E-state index contributed by atoms with van der Waals surface area (Å²) >= 11 is 0. The van der Waals surface area contributed by atoms with E-state index in [1.165, 1.54) is 4.57 Å². The third kappa shape index (κ3) is 3.19. The minimum Gasteiger partial charge on any atom is -0.429 e. The summed E-state index contributed by atoms with van der Waals surface area (Å²) in [6.45, 7) is 0.386. The molecule has 0 fully saturated rings. The molecule has 0 bridgehead atoms. The van der Waals surface area contributed by atoms with Crippen molar-refractivity contribution in [2.24, 2.45) is 0 Å². The van der Waals surface area contributed by atoms with Crippen molar-refractivity contribution in [3.8, 4) is 16.9 Å². The van der Waals surface area contributed by atoms with Crippen molar-refractivity contribution in [2.75, 3.05) is 0 Å². The van der Waals surface area contributed by atoms with Crippen molar-refractivity contribution in [3.63, 3.8) is 0 Å². The predicted octanol–water partition coefficient (Wildman–Crippen LogP) is 3.59. The molecule has 2 N–H and O–H groups in total. The van der Waals surface area contributed by atoms with E-state index in [4.69, 9.17) is 15.6 Å². The molecule has 0 aliphatic heterocycles. The van der Waals surface area contributed by atoms with Gasteiger partial charge in [0.05, 0.1) is 5.52 Å². The number of rotatable bonds is 4. The first kappa shape index (κ1) is 17.4. The summed E-state index contributed by atoms with van der Waals surface area (Å²) in [6.07, 6.45) is 3.39. The van der Waals surface area contributed by atoms with Crippen molar-refractivity contribution in [2.45, 2.75) is 0 Å². The Morgan fingerprint density at radius 2 is 1.79 bits per heavy atom. The van der Waals surface area contributed by atoms with Gasteiger partial charge in [0.25, 0.3) is 6.47 Å². The number of aromatic nitrogens is 2. The third-order valence-electron chi connectivity index (χ3n) is 4.47. The second kappa shape index (κ2) is 7.28. The minimum atomic E-state index is 0.191. The van der Waals surface area contributed by atoms with Gasteiger partial charge < -0.3 is 4.74 Å². The number of hydrogen-bond donors (Lipinski definition) is 2. The monoisotopic (exact) mass is 368 g/mol. The average Bonchev–Trinajstić information content (AvgIpc) is 2.73. The molecule has 6 heteroatoms. The van der Waals surface area contributed by atoms with Gasteiger partial charge in [-0.3, -0.25) is 25.2 Å². The largest absolute Gasteiger partial charge is 0.429 e. The summed E-state index contributed by atoms with van der Waals surface area (Å²) in [6, 6.07) is 20.0. The molecule has 0 atom stereocenters. The van der Waals surface area contributed by atoms with Gasteiger partial charge in [0.15, 0.2) is 0 Å². The SMILES string of the molecule is N=C(c1ccnc2ccccc12)n1ccc(-c2ccc(OC=O)cc2)cc1=N. The Labute approximate surface area is 160 Å². The van der Waals surface area contributed by atoms with Gasteiger partial charge in [-0.15, -0.1) is 0 Å². The fourth-order valence-corrected chi connectivity index (χ4v) is 3.09. The third-order valence-corrected chi connectivity index (χ3v) is 4.47. The van der Waals surface area contributed by atoms with Crippen LogP contribution in [0.4, 0.5) is 0 Å². The molecule has 0 aliphatic rings. The highest BCUT2D eigenvalue weighted by Gasteiger charge is 2.10. The number of benzene rings is 2. The van der Waals surface area contributed by atoms with Crippen LogP contribution in [-0.2, 0) is 4.79 Å². The molecule has 2 aromatic carbocycles. The number of ether oxygens (including phenoxy) is 1. The molecule has 0 saturated heterocycles. The molecule has 136 valence electrons. The quantitative estimate of drug-likeness (QED) is 0.328. The zero-order valence-electron chi connectivity index (χ0n) is 14.8. The van der Waals surface area contributed by atoms with Crippen LogP contribution in [-0.4, -0.2) is 21.9 Å². The predicted molar refractivity (Wildman–Crippen MR) is 106 cm³/mol. The van der Waals surface area contributed by atoms with Crippen LogP contribution < -0.4 is 10.2 Å². The number of carbonyl (C=O) groups excluding carboxylic acids is 1. The Kier molecular flexibility index (Phi) is 4.51. The molecule has 0 unspecified atom stereocenters. The normalized spacial score (nSPS) is 10.6. The number of nitrogens with zero attached hydrogens (tertiary/aromatic N) is 2. The van der Waals surface area contributed by atoms with Crippen LogP contribution in [0.2, 0.25) is 0 Å². The molecular weight excluding hydrogens is 352 g/mol. The van der Waals surface area contributed by atoms with Gasteiger partial charge in [-0.2, -0.15) is 0 Å². The van der Waals surface area contributed by atoms with Gasteiger partial charge in [0, 0.05) is 23.3 Å². The van der Waals surface area contributed by atoms with Gasteiger partial charge in [-0.05, 0) is 47.5 Å². The lowest BCUT2D eigenvalue weighted by Crippen LogP contribution is -2.26. The van der Waals surface area contributed by atoms with Crippen molar-refractivity contribution >= 4 is 23.2 Å². The molecule has 0 radical (unpaired) electrons. The van der Waals surface area contributed by atoms with Crippen molar-refractivity contribution in [3.05, 3.63) is 90.2 Å². The number of pyridine rings is 2. The first-order valence-corrected chi connectivity index (χ1v) is 8.58. The summed E-state index contributed by atoms with van der Waals surface area (Å²) in [5.41, 5.74) is 3.45. The highest BCUT2D eigenvalue weighted by Crippen LogP contribution is 2.21. The molecule has 0 saturated carbocycles. The highest BCUT2D eigenvalue weighted by atomic mass is 16.5. The van der Waals surface area contributed by atoms with Crippen LogP contribution in [0.15, 0.2) is 79.1 Å². The lowest BCUT2D eigenvalue weighted by atomic mass is 10.1. The van der Waals surface area contributed by atoms with Gasteiger partial charge in [0.1, 0.15) is 17.1 Å². The summed E-state index contributed by atoms with van der Waals surface area (Å²) in [5, 5.41) is 17.9. The van der Waals surface area contributed by atoms with Gasteiger partial charge in [-0.25, -0.2) is 0 Å². The van der Waals surface area contributed by atoms with Crippen LogP contribution in [0.1, 0.15) is 5.56 Å². The summed E-state index contributed by atoms with van der Waals surface area (Å²) in [5.74, 6) is 0.673. The maximum Gasteiger partial charge on any atom is 0.298 e. The second-order valence-electron chi connectivity index (χ2n) is 6.13. The number of para-hydroxylation sites is 1. The van der Waals surface area contributed by atoms with E-state index in [1.54, 1.807) is 36.7 Å². The lowest BCUT2D eigenvalue weighted by molar-refractivity contribution is -0.120. The maximum absolute atomic E-state index is 10.4. The van der Waals surface area contributed by atoms with E-state index in [9.17, 15) is 4.79 Å². The topological polar surface area (TPSA) is 91.8 Å². The Morgan fingerprint density at radius 3 is 2.54 bits per heavy atom. The van der Waals surface area contributed by atoms with Crippen LogP contribution >= 0.6 is 0 Å². The van der Waals surface area contributed by atoms with E-state index >= 15 is 0 Å². The van der Waals surface area contributed by atoms with Crippen LogP contribution in [0.5, 0.6) is 5.75 Å². The zero-order chi connectivity index (χ0) is 19.5. The molecule has 0 aliphatic carbocycles. The Morgan fingerprint density at radius 1 is 1.00 bits per heavy atom. The van der Waals surface area contributed by atoms with Crippen LogP contribution in [0.25, 0.3) is 22.0 Å². The molecule has 4 rings (SSSR count). The highest BCUT2D eigenvalue weighted by molar-refractivity contribution is 6.08. The Bertz CT molecular complexity index is 1240. The van der Waals surface area contributed by atoms with Crippen molar-refractivity contribution in [1.82, 2.24) is 9.55 Å². The smallest absolute Gasteiger partial charge is 0.298 e. The molecule has 2 heterocycles. The molecule has 0 spiro atoms. The number of fused-ring (bicyclic) bond motifs is 1. The average molecular weight is 368 g/mol. The van der Waals surface area contributed by atoms with E-state index < -0.39 is 0 Å². The second-order valence-corrected chi connectivity index (χ2v) is 6.13. The van der Waals surface area contributed by atoms with Crippen LogP contribution in [0.3, 0.4) is 0 Å². The van der Waals surface area contributed by atoms with E-state index in [2.05, 4.69) is 4.98 Å². The van der Waals surface area contributed by atoms with Crippen molar-refractivity contribution in [1.29, 1.82) is 10.8 Å². The minimum absolute atomic E-state index is 0.191. The zero-order valence-corrected chi connectivity index (χ0v) is 14.8. The first-order valence-electron chi connectivity index (χ1n) is 8.58. The van der Waals surface area contributed by atoms with Crippen molar-refractivity contribution < 1.29 is 9.53 Å². The lowest BCUT2D eigenvalue weighted by Gasteiger charge is -2.12. The van der Waals surface area contributed by atoms with Gasteiger partial charge >= 0.3 is 0 Å². The number of hydrogen-bond acceptors (Lipinski definition) is 5. The number of nitrogens with one attached hydrogen (secondary N) is 2. The summed E-state index contributed by atoms with van der Waals surface area (Å²) < 4.78 is 6.32. The molecule has 6 nitrogen and oxygen atoms in total. The molecule has 4 aromatic rings. The van der Waals surface area contributed by atoms with E-state index in [0.29, 0.717) is 17.8 Å². The molecule has 2 aromatic heterocycles. The Balaban J connectivity index is 1.70. The molecular formula is C22H16N4O2. The van der Waals surface area contributed by atoms with Gasteiger partial charge in [-0.1, -0.05) is 30.3 Å². The standard InChI is InChI=1S/C22H16N4O2/c23-21-13-16(15-5-7-17(8-6-15)28-14-27)10-12-26(21)22(24)19-9-11-25-20-4-2-1-3-18(19)20/h1-14,23-24H. The van der Waals surface area contributed by atoms with Gasteiger partial charge in [0.2, 0.25) is 0 Å². The van der Waals surface area contributed by atoms with E-state index in [0.717, 1.165) is 22.0 Å². The fourth-order valence-electron chi connectivity index (χ4n) is 3.09. The summed E-state index contributed by atoms with van der Waals surface area (Å²) in [4.78, 5) is 14.7. The fraction of sp³-hybridized carbons (Fsp3) is 0. The Hall–Kier alpha value is -4.06.